The quantitative estimate of drug-likeness (QED) is 0.127. The molecule has 7 heteroatoms. The van der Waals surface area contributed by atoms with Crippen LogP contribution in [0.5, 0.6) is 34.5 Å². The van der Waals surface area contributed by atoms with Crippen molar-refractivity contribution in [1.82, 2.24) is 19.9 Å². The van der Waals surface area contributed by atoms with Crippen LogP contribution in [0.15, 0.2) is 231 Å². The summed E-state index contributed by atoms with van der Waals surface area (Å²) in [6, 6.07) is 76.6. The van der Waals surface area contributed by atoms with E-state index in [4.69, 9.17) is 34.1 Å². The largest absolute Gasteiger partial charge is 0.457 e. The first kappa shape index (κ1) is 39.4. The minimum Gasteiger partial charge on any atom is -0.457 e. The van der Waals surface area contributed by atoms with Crippen molar-refractivity contribution >= 4 is 43.6 Å². The van der Waals surface area contributed by atoms with Crippen LogP contribution in [0.1, 0.15) is 0 Å². The molecule has 0 aliphatic heterocycles. The third-order valence-electron chi connectivity index (χ3n) is 11.7. The maximum atomic E-state index is 6.54. The summed E-state index contributed by atoms with van der Waals surface area (Å²) in [6.07, 6.45) is 0. The van der Waals surface area contributed by atoms with E-state index >= 15 is 0 Å². The van der Waals surface area contributed by atoms with E-state index in [9.17, 15) is 0 Å². The van der Waals surface area contributed by atoms with Gasteiger partial charge in [-0.1, -0.05) is 127 Å². The lowest BCUT2D eigenvalue weighted by molar-refractivity contribution is 0.482. The fourth-order valence-electron chi connectivity index (χ4n) is 8.44. The fourth-order valence-corrected chi connectivity index (χ4v) is 8.44. The summed E-state index contributed by atoms with van der Waals surface area (Å²) < 4.78 is 18.9. The van der Waals surface area contributed by atoms with Crippen molar-refractivity contribution in [3.8, 4) is 79.5 Å². The molecule has 316 valence electrons. The van der Waals surface area contributed by atoms with E-state index in [1.165, 1.54) is 0 Å². The molecule has 4 heterocycles. The molecule has 0 unspecified atom stereocenters. The van der Waals surface area contributed by atoms with E-state index in [0.717, 1.165) is 117 Å². The number of rotatable bonds is 10. The van der Waals surface area contributed by atoms with Gasteiger partial charge in [-0.25, -0.2) is 19.9 Å². The van der Waals surface area contributed by atoms with E-state index in [1.807, 2.05) is 152 Å². The first-order valence-electron chi connectivity index (χ1n) is 22.1. The lowest BCUT2D eigenvalue weighted by Gasteiger charge is -2.13. The van der Waals surface area contributed by atoms with E-state index in [-0.39, 0.29) is 0 Å². The molecule has 0 aliphatic rings. The van der Waals surface area contributed by atoms with Gasteiger partial charge in [-0.3, -0.25) is 0 Å². The Bertz CT molecular complexity index is 3560. The Morgan fingerprint density at radius 3 is 0.851 bits per heavy atom. The average Bonchev–Trinajstić information content (AvgIpc) is 3.39. The number of aromatic nitrogens is 4. The first-order chi connectivity index (χ1) is 33.1. The number of hydrogen-bond acceptors (Lipinski definition) is 7. The summed E-state index contributed by atoms with van der Waals surface area (Å²) in [4.78, 5) is 21.1. The van der Waals surface area contributed by atoms with E-state index in [1.54, 1.807) is 0 Å². The van der Waals surface area contributed by atoms with Gasteiger partial charge < -0.3 is 14.2 Å². The molecule has 0 saturated carbocycles. The molecule has 8 aromatic carbocycles. The molecule has 0 atom stereocenters. The van der Waals surface area contributed by atoms with Gasteiger partial charge in [0.2, 0.25) is 0 Å². The number of hydrogen-bond donors (Lipinski definition) is 0. The van der Waals surface area contributed by atoms with Crippen molar-refractivity contribution in [2.75, 3.05) is 0 Å². The second-order valence-electron chi connectivity index (χ2n) is 16.3. The number of pyridine rings is 4. The summed E-state index contributed by atoms with van der Waals surface area (Å²) in [5.74, 6) is 4.42. The molecule has 0 radical (unpaired) electrons. The van der Waals surface area contributed by atoms with Crippen molar-refractivity contribution in [2.45, 2.75) is 0 Å². The normalized spacial score (nSPS) is 11.3. The SMILES string of the molecule is c1ccc(Oc2cccc(-c3ccc4ccc5ccc(-c6cc(Oc7ccccc7)cc(-c7ccc8ccc9ccc(-c%10cccc(Oc%11ccccc%11)c%10)nc9c8n7)c6)nc5c4n3)c2)cc1. The highest BCUT2D eigenvalue weighted by molar-refractivity contribution is 6.05. The average molecular weight is 863 g/mol. The van der Waals surface area contributed by atoms with Gasteiger partial charge in [0.15, 0.2) is 0 Å². The molecule has 12 rings (SSSR count). The van der Waals surface area contributed by atoms with Gasteiger partial charge in [0.05, 0.1) is 44.8 Å². The minimum atomic E-state index is 0.661. The highest BCUT2D eigenvalue weighted by atomic mass is 16.5. The van der Waals surface area contributed by atoms with Crippen LogP contribution in [0, 0.1) is 0 Å². The summed E-state index contributed by atoms with van der Waals surface area (Å²) in [5, 5.41) is 3.97. The smallest absolute Gasteiger partial charge is 0.128 e. The van der Waals surface area contributed by atoms with Crippen LogP contribution < -0.4 is 14.2 Å². The number of ether oxygens (including phenoxy) is 3. The molecule has 0 fully saturated rings. The molecule has 12 aromatic rings. The zero-order chi connectivity index (χ0) is 44.5. The first-order valence-corrected chi connectivity index (χ1v) is 22.1. The van der Waals surface area contributed by atoms with Gasteiger partial charge in [-0.15, -0.1) is 0 Å². The van der Waals surface area contributed by atoms with E-state index in [0.29, 0.717) is 5.75 Å². The molecule has 67 heavy (non-hydrogen) atoms. The topological polar surface area (TPSA) is 79.2 Å². The van der Waals surface area contributed by atoms with Crippen LogP contribution in [0.2, 0.25) is 0 Å². The standard InChI is InChI=1S/C60H38N4O3/c1-4-14-47(15-5-1)65-50-20-10-12-43(35-50)53-30-26-39-22-24-41-28-32-55(63-59(41)57(39)61-53)45-34-46(38-52(37-45)67-49-18-8-3-9-19-49)56-33-29-42-25-23-40-27-31-54(62-58(40)60(42)64-56)44-13-11-21-51(36-44)66-48-16-6-2-7-17-48/h1-38H. The lowest BCUT2D eigenvalue weighted by atomic mass is 10.0. The lowest BCUT2D eigenvalue weighted by Crippen LogP contribution is -1.94. The molecule has 0 bridgehead atoms. The Morgan fingerprint density at radius 2 is 0.493 bits per heavy atom. The second kappa shape index (κ2) is 17.1. The molecule has 0 saturated heterocycles. The Morgan fingerprint density at radius 1 is 0.209 bits per heavy atom. The van der Waals surface area contributed by atoms with Gasteiger partial charge in [-0.05, 0) is 103 Å². The second-order valence-corrected chi connectivity index (χ2v) is 16.3. The highest BCUT2D eigenvalue weighted by Crippen LogP contribution is 2.37. The third-order valence-corrected chi connectivity index (χ3v) is 11.7. The van der Waals surface area contributed by atoms with Crippen molar-refractivity contribution in [3.63, 3.8) is 0 Å². The minimum absolute atomic E-state index is 0.661. The molecular weight excluding hydrogens is 825 g/mol. The summed E-state index contributed by atoms with van der Waals surface area (Å²) >= 11 is 0. The fraction of sp³-hybridized carbons (Fsp3) is 0. The van der Waals surface area contributed by atoms with Gasteiger partial charge in [0, 0.05) is 43.8 Å². The van der Waals surface area contributed by atoms with Crippen LogP contribution in [0.25, 0.3) is 88.6 Å². The molecule has 0 N–H and O–H groups in total. The van der Waals surface area contributed by atoms with Gasteiger partial charge in [-0.2, -0.15) is 0 Å². The van der Waals surface area contributed by atoms with Crippen LogP contribution in [0.3, 0.4) is 0 Å². The van der Waals surface area contributed by atoms with Gasteiger partial charge in [0.1, 0.15) is 34.5 Å². The zero-order valence-electron chi connectivity index (χ0n) is 36.0. The zero-order valence-corrected chi connectivity index (χ0v) is 36.0. The Labute approximate surface area is 386 Å². The Hall–Kier alpha value is -9.20. The summed E-state index contributed by atoms with van der Waals surface area (Å²) in [7, 11) is 0. The van der Waals surface area contributed by atoms with E-state index in [2.05, 4.69) is 78.9 Å². The summed E-state index contributed by atoms with van der Waals surface area (Å²) in [5.41, 5.74) is 10.1. The van der Waals surface area contributed by atoms with Gasteiger partial charge in [0.25, 0.3) is 0 Å². The molecule has 0 amide bonds. The molecular formula is C60H38N4O3. The van der Waals surface area contributed by atoms with Gasteiger partial charge >= 0.3 is 0 Å². The monoisotopic (exact) mass is 862 g/mol. The molecule has 4 aromatic heterocycles. The van der Waals surface area contributed by atoms with Crippen LogP contribution in [-0.4, -0.2) is 19.9 Å². The Balaban J connectivity index is 0.943. The Kier molecular flexibility index (Phi) is 10.0. The maximum Gasteiger partial charge on any atom is 0.128 e. The molecule has 7 nitrogen and oxygen atoms in total. The number of para-hydroxylation sites is 3. The highest BCUT2D eigenvalue weighted by Gasteiger charge is 2.15. The number of nitrogens with zero attached hydrogens (tertiary/aromatic N) is 4. The van der Waals surface area contributed by atoms with Crippen molar-refractivity contribution in [3.05, 3.63) is 231 Å². The van der Waals surface area contributed by atoms with Crippen molar-refractivity contribution < 1.29 is 14.2 Å². The summed E-state index contributed by atoms with van der Waals surface area (Å²) in [6.45, 7) is 0. The molecule has 0 spiro atoms. The number of fused-ring (bicyclic) bond motifs is 6. The van der Waals surface area contributed by atoms with Crippen LogP contribution >= 0.6 is 0 Å². The maximum absolute atomic E-state index is 6.54. The van der Waals surface area contributed by atoms with E-state index < -0.39 is 0 Å². The van der Waals surface area contributed by atoms with Crippen LogP contribution in [0.4, 0.5) is 0 Å². The van der Waals surface area contributed by atoms with Crippen molar-refractivity contribution in [2.24, 2.45) is 0 Å². The van der Waals surface area contributed by atoms with Crippen LogP contribution in [-0.2, 0) is 0 Å². The predicted molar refractivity (Wildman–Crippen MR) is 269 cm³/mol. The predicted octanol–water partition coefficient (Wildman–Crippen LogP) is 15.9. The third kappa shape index (κ3) is 8.14. The van der Waals surface area contributed by atoms with Crippen molar-refractivity contribution in [1.29, 1.82) is 0 Å². The molecule has 0 aliphatic carbocycles. The number of benzene rings is 8.